The van der Waals surface area contributed by atoms with Gasteiger partial charge in [0.15, 0.2) is 0 Å². The van der Waals surface area contributed by atoms with Crippen molar-refractivity contribution >= 4 is 23.9 Å². The molecule has 8 nitrogen and oxygen atoms in total. The molecule has 2 aromatic heterocycles. The number of amides is 4. The van der Waals surface area contributed by atoms with Crippen molar-refractivity contribution in [3.8, 4) is 11.4 Å². The fourth-order valence-electron chi connectivity index (χ4n) is 3.74. The Morgan fingerprint density at radius 3 is 2.50 bits per heavy atom. The zero-order chi connectivity index (χ0) is 22.8. The second-order valence-electron chi connectivity index (χ2n) is 7.38. The highest BCUT2D eigenvalue weighted by atomic mass is 16.5. The lowest BCUT2D eigenvalue weighted by molar-refractivity contribution is -0.130. The lowest BCUT2D eigenvalue weighted by atomic mass is 10.1. The van der Waals surface area contributed by atoms with Crippen molar-refractivity contribution in [2.24, 2.45) is 0 Å². The topological polar surface area (TPSA) is 93.8 Å². The Hall–Kier alpha value is -4.07. The van der Waals surface area contributed by atoms with E-state index in [1.165, 1.54) is 12.3 Å². The van der Waals surface area contributed by atoms with Crippen LogP contribution in [0.5, 0.6) is 5.75 Å². The number of nitrogens with zero attached hydrogens (tertiary/aromatic N) is 2. The number of nitrogens with one attached hydrogen (secondary N) is 1. The number of imide groups is 2. The first-order valence-corrected chi connectivity index (χ1v) is 10.2. The lowest BCUT2D eigenvalue weighted by Gasteiger charge is -2.25. The summed E-state index contributed by atoms with van der Waals surface area (Å²) < 4.78 is 12.8. The number of hydrogen-bond acceptors (Lipinski definition) is 5. The summed E-state index contributed by atoms with van der Waals surface area (Å²) in [5.41, 5.74) is 3.33. The van der Waals surface area contributed by atoms with Crippen LogP contribution in [-0.2, 0) is 16.1 Å². The summed E-state index contributed by atoms with van der Waals surface area (Å²) >= 11 is 0. The fourth-order valence-corrected chi connectivity index (χ4v) is 3.74. The molecule has 1 saturated heterocycles. The third-order valence-electron chi connectivity index (χ3n) is 5.26. The Balaban J connectivity index is 1.66. The van der Waals surface area contributed by atoms with Gasteiger partial charge in [-0.25, -0.2) is 4.79 Å². The van der Waals surface area contributed by atoms with Crippen LogP contribution >= 0.6 is 0 Å². The van der Waals surface area contributed by atoms with Gasteiger partial charge in [0, 0.05) is 17.1 Å². The normalized spacial score (nSPS) is 15.4. The average molecular weight is 433 g/mol. The minimum absolute atomic E-state index is 0.0620. The van der Waals surface area contributed by atoms with Gasteiger partial charge in [0.2, 0.25) is 0 Å². The average Bonchev–Trinajstić information content (AvgIpc) is 3.37. The molecule has 0 aliphatic carbocycles. The predicted octanol–water partition coefficient (Wildman–Crippen LogP) is 3.75. The molecular weight excluding hydrogens is 410 g/mol. The Kier molecular flexibility index (Phi) is 5.68. The third kappa shape index (κ3) is 3.94. The minimum atomic E-state index is -0.770. The van der Waals surface area contributed by atoms with Gasteiger partial charge in [0.1, 0.15) is 17.1 Å². The standard InChI is InChI=1S/C24H23N3O5/c1-4-31-19-9-7-18(8-10-19)27-15(2)12-17(16(27)3)13-21-22(28)25-24(30)26(23(21)29)14-20-6-5-11-32-20/h5-13H,4,14H2,1-3H3,(H,25,28,30)/b21-13+. The van der Waals surface area contributed by atoms with Crippen molar-refractivity contribution in [2.75, 3.05) is 6.61 Å². The van der Waals surface area contributed by atoms with Gasteiger partial charge in [0.25, 0.3) is 11.8 Å². The van der Waals surface area contributed by atoms with E-state index in [0.29, 0.717) is 17.9 Å². The first-order chi connectivity index (χ1) is 15.4. The first kappa shape index (κ1) is 21.2. The van der Waals surface area contributed by atoms with E-state index < -0.39 is 17.8 Å². The molecule has 0 radical (unpaired) electrons. The number of furan rings is 1. The van der Waals surface area contributed by atoms with Gasteiger partial charge in [-0.1, -0.05) is 0 Å². The number of benzene rings is 1. The molecule has 32 heavy (non-hydrogen) atoms. The van der Waals surface area contributed by atoms with Crippen LogP contribution in [0.15, 0.2) is 58.7 Å². The molecule has 0 bridgehead atoms. The molecule has 1 aromatic carbocycles. The van der Waals surface area contributed by atoms with E-state index in [1.807, 2.05) is 55.7 Å². The first-order valence-electron chi connectivity index (χ1n) is 10.2. The number of hydrogen-bond donors (Lipinski definition) is 1. The molecule has 4 amide bonds. The van der Waals surface area contributed by atoms with Crippen LogP contribution < -0.4 is 10.1 Å². The van der Waals surface area contributed by atoms with E-state index >= 15 is 0 Å². The number of barbiturate groups is 1. The number of rotatable bonds is 6. The van der Waals surface area contributed by atoms with Crippen LogP contribution in [-0.4, -0.2) is 33.9 Å². The maximum Gasteiger partial charge on any atom is 0.331 e. The molecule has 0 unspecified atom stereocenters. The van der Waals surface area contributed by atoms with Crippen molar-refractivity contribution in [3.05, 3.63) is 77.0 Å². The number of carbonyl (C=O) groups excluding carboxylic acids is 3. The molecule has 1 N–H and O–H groups in total. The summed E-state index contributed by atoms with van der Waals surface area (Å²) in [6.45, 7) is 6.31. The minimum Gasteiger partial charge on any atom is -0.494 e. The van der Waals surface area contributed by atoms with Gasteiger partial charge in [-0.3, -0.25) is 19.8 Å². The second-order valence-corrected chi connectivity index (χ2v) is 7.38. The molecular formula is C24H23N3O5. The zero-order valence-corrected chi connectivity index (χ0v) is 18.0. The molecule has 1 aliphatic heterocycles. The van der Waals surface area contributed by atoms with Gasteiger partial charge in [0.05, 0.1) is 19.4 Å². The summed E-state index contributed by atoms with van der Waals surface area (Å²) in [4.78, 5) is 38.6. The van der Waals surface area contributed by atoms with Crippen molar-refractivity contribution < 1.29 is 23.5 Å². The van der Waals surface area contributed by atoms with E-state index in [1.54, 1.807) is 12.1 Å². The van der Waals surface area contributed by atoms with Crippen LogP contribution in [0.25, 0.3) is 11.8 Å². The zero-order valence-electron chi connectivity index (χ0n) is 18.0. The monoisotopic (exact) mass is 433 g/mol. The SMILES string of the molecule is CCOc1ccc(-n2c(C)cc(/C=C3\C(=O)NC(=O)N(Cc4ccco4)C3=O)c2C)cc1. The van der Waals surface area contributed by atoms with Crippen molar-refractivity contribution in [1.82, 2.24) is 14.8 Å². The van der Waals surface area contributed by atoms with Gasteiger partial charge in [-0.2, -0.15) is 0 Å². The fraction of sp³-hybridized carbons (Fsp3) is 0.208. The van der Waals surface area contributed by atoms with E-state index in [4.69, 9.17) is 9.15 Å². The largest absolute Gasteiger partial charge is 0.494 e. The van der Waals surface area contributed by atoms with Gasteiger partial charge in [-0.05, 0) is 74.9 Å². The van der Waals surface area contributed by atoms with Crippen molar-refractivity contribution in [1.29, 1.82) is 0 Å². The lowest BCUT2D eigenvalue weighted by Crippen LogP contribution is -2.53. The quantitative estimate of drug-likeness (QED) is 0.472. The molecule has 4 rings (SSSR count). The summed E-state index contributed by atoms with van der Waals surface area (Å²) in [6, 6.07) is 12.1. The maximum absolute atomic E-state index is 13.0. The van der Waals surface area contributed by atoms with Crippen LogP contribution in [0, 0.1) is 13.8 Å². The van der Waals surface area contributed by atoms with Crippen LogP contribution in [0.2, 0.25) is 0 Å². The maximum atomic E-state index is 13.0. The van der Waals surface area contributed by atoms with Crippen molar-refractivity contribution in [3.63, 3.8) is 0 Å². The molecule has 164 valence electrons. The summed E-state index contributed by atoms with van der Waals surface area (Å²) in [7, 11) is 0. The number of ether oxygens (including phenoxy) is 1. The molecule has 8 heteroatoms. The van der Waals surface area contributed by atoms with E-state index in [2.05, 4.69) is 5.32 Å². The Morgan fingerprint density at radius 1 is 1.09 bits per heavy atom. The highest BCUT2D eigenvalue weighted by Crippen LogP contribution is 2.26. The van der Waals surface area contributed by atoms with E-state index in [9.17, 15) is 14.4 Å². The second kappa shape index (κ2) is 8.58. The van der Waals surface area contributed by atoms with Gasteiger partial charge < -0.3 is 13.7 Å². The molecule has 3 aromatic rings. The number of urea groups is 1. The molecule has 0 saturated carbocycles. The highest BCUT2D eigenvalue weighted by Gasteiger charge is 2.36. The predicted molar refractivity (Wildman–Crippen MR) is 117 cm³/mol. The summed E-state index contributed by atoms with van der Waals surface area (Å²) in [5.74, 6) is -0.162. The number of carbonyl (C=O) groups is 3. The van der Waals surface area contributed by atoms with E-state index in [0.717, 1.165) is 27.7 Å². The Bertz CT molecular complexity index is 1200. The summed E-state index contributed by atoms with van der Waals surface area (Å²) in [5, 5.41) is 2.23. The number of aromatic nitrogens is 1. The third-order valence-corrected chi connectivity index (χ3v) is 5.26. The van der Waals surface area contributed by atoms with Crippen LogP contribution in [0.4, 0.5) is 4.79 Å². The molecule has 0 spiro atoms. The van der Waals surface area contributed by atoms with Crippen LogP contribution in [0.1, 0.15) is 29.6 Å². The van der Waals surface area contributed by atoms with Crippen molar-refractivity contribution in [2.45, 2.75) is 27.3 Å². The van der Waals surface area contributed by atoms with E-state index in [-0.39, 0.29) is 12.1 Å². The summed E-state index contributed by atoms with van der Waals surface area (Å²) in [6.07, 6.45) is 2.98. The van der Waals surface area contributed by atoms with Crippen LogP contribution in [0.3, 0.4) is 0 Å². The van der Waals surface area contributed by atoms with Gasteiger partial charge in [-0.15, -0.1) is 0 Å². The molecule has 1 fully saturated rings. The smallest absolute Gasteiger partial charge is 0.331 e. The van der Waals surface area contributed by atoms with Gasteiger partial charge >= 0.3 is 6.03 Å². The molecule has 3 heterocycles. The molecule has 1 aliphatic rings. The highest BCUT2D eigenvalue weighted by molar-refractivity contribution is 6.31. The molecule has 0 atom stereocenters. The Labute approximate surface area is 185 Å². The number of aryl methyl sites for hydroxylation is 1. The Morgan fingerprint density at radius 2 is 1.84 bits per heavy atom.